The molecule has 8 heteroatoms. The van der Waals surface area contributed by atoms with Crippen molar-refractivity contribution in [3.63, 3.8) is 0 Å². The molecule has 1 saturated carbocycles. The van der Waals surface area contributed by atoms with E-state index in [1.807, 2.05) is 0 Å². The maximum absolute atomic E-state index is 12.5. The number of carbonyl (C=O) groups is 2. The van der Waals surface area contributed by atoms with Gasteiger partial charge in [-0.15, -0.1) is 0 Å². The van der Waals surface area contributed by atoms with Gasteiger partial charge < -0.3 is 10.1 Å². The number of ether oxygens (including phenoxy) is 1. The minimum absolute atomic E-state index is 0.0288. The van der Waals surface area contributed by atoms with Crippen molar-refractivity contribution in [3.05, 3.63) is 38.3 Å². The van der Waals surface area contributed by atoms with E-state index in [1.54, 1.807) is 6.07 Å². The largest absolute Gasteiger partial charge is 0.442 e. The third kappa shape index (κ3) is 4.77. The van der Waals surface area contributed by atoms with E-state index in [0.717, 1.165) is 32.1 Å². The fourth-order valence-corrected chi connectivity index (χ4v) is 3.26. The van der Waals surface area contributed by atoms with Crippen molar-refractivity contribution < 1.29 is 19.2 Å². The summed E-state index contributed by atoms with van der Waals surface area (Å²) in [5, 5.41) is 13.8. The summed E-state index contributed by atoms with van der Waals surface area (Å²) in [6, 6.07) is 4.21. The Morgan fingerprint density at radius 1 is 1.33 bits per heavy atom. The van der Waals surface area contributed by atoms with Crippen LogP contribution < -0.4 is 5.32 Å². The van der Waals surface area contributed by atoms with Gasteiger partial charge in [0.25, 0.3) is 11.6 Å². The van der Waals surface area contributed by atoms with Gasteiger partial charge in [0.15, 0.2) is 6.23 Å². The number of nitro groups is 1. The topological polar surface area (TPSA) is 98.5 Å². The number of amides is 1. The Kier molecular flexibility index (Phi) is 6.30. The van der Waals surface area contributed by atoms with Crippen LogP contribution in [0.5, 0.6) is 0 Å². The summed E-state index contributed by atoms with van der Waals surface area (Å²) in [4.78, 5) is 34.4. The summed E-state index contributed by atoms with van der Waals surface area (Å²) >= 11 is 3.15. The zero-order chi connectivity index (χ0) is 17.7. The molecule has 1 aliphatic rings. The van der Waals surface area contributed by atoms with Gasteiger partial charge in [-0.25, -0.2) is 0 Å². The van der Waals surface area contributed by atoms with Crippen LogP contribution in [0.25, 0.3) is 0 Å². The fourth-order valence-electron chi connectivity index (χ4n) is 2.91. The molecule has 1 aromatic carbocycles. The standard InChI is InChI=1S/C16H19BrN2O5/c1-10(20)24-16(11-5-3-2-4-6-11)18-15(21)13-8-7-12(17)9-14(13)19(22)23/h7-9,11,16H,2-6H2,1H3,(H,18,21). The number of carbonyl (C=O) groups excluding carboxylic acids is 2. The third-order valence-corrected chi connectivity index (χ3v) is 4.54. The molecule has 0 spiro atoms. The van der Waals surface area contributed by atoms with Crippen molar-refractivity contribution in [2.24, 2.45) is 5.92 Å². The Morgan fingerprint density at radius 2 is 2.00 bits per heavy atom. The molecule has 1 N–H and O–H groups in total. The maximum atomic E-state index is 12.5. The van der Waals surface area contributed by atoms with Crippen molar-refractivity contribution in [1.82, 2.24) is 5.32 Å². The summed E-state index contributed by atoms with van der Waals surface area (Å²) in [6.45, 7) is 1.28. The zero-order valence-electron chi connectivity index (χ0n) is 13.3. The normalized spacial score (nSPS) is 16.2. The second kappa shape index (κ2) is 8.23. The maximum Gasteiger partial charge on any atom is 0.304 e. The highest BCUT2D eigenvalue weighted by Gasteiger charge is 2.30. The number of halogens is 1. The average Bonchev–Trinajstić information content (AvgIpc) is 2.54. The van der Waals surface area contributed by atoms with E-state index in [0.29, 0.717) is 4.47 Å². The zero-order valence-corrected chi connectivity index (χ0v) is 14.9. The van der Waals surface area contributed by atoms with Crippen molar-refractivity contribution in [2.45, 2.75) is 45.3 Å². The first kappa shape index (κ1) is 18.4. The smallest absolute Gasteiger partial charge is 0.304 e. The van der Waals surface area contributed by atoms with Crippen molar-refractivity contribution in [2.75, 3.05) is 0 Å². The second-order valence-corrected chi connectivity index (χ2v) is 6.74. The minimum atomic E-state index is -0.765. The molecule has 1 fully saturated rings. The molecule has 0 bridgehead atoms. The van der Waals surface area contributed by atoms with Crippen LogP contribution in [0.3, 0.4) is 0 Å². The van der Waals surface area contributed by atoms with Crippen LogP contribution in [-0.2, 0) is 9.53 Å². The van der Waals surface area contributed by atoms with Crippen LogP contribution in [0.1, 0.15) is 49.4 Å². The number of rotatable bonds is 5. The van der Waals surface area contributed by atoms with Crippen LogP contribution in [-0.4, -0.2) is 23.0 Å². The molecule has 1 aromatic rings. The average molecular weight is 399 g/mol. The molecule has 0 heterocycles. The van der Waals surface area contributed by atoms with Gasteiger partial charge in [-0.3, -0.25) is 19.7 Å². The van der Waals surface area contributed by atoms with Gasteiger partial charge in [0.1, 0.15) is 5.56 Å². The fraction of sp³-hybridized carbons (Fsp3) is 0.500. The third-order valence-electron chi connectivity index (χ3n) is 4.05. The summed E-state index contributed by atoms with van der Waals surface area (Å²) < 4.78 is 5.76. The molecular weight excluding hydrogens is 380 g/mol. The van der Waals surface area contributed by atoms with Crippen molar-refractivity contribution >= 4 is 33.5 Å². The van der Waals surface area contributed by atoms with E-state index < -0.39 is 23.0 Å². The molecule has 7 nitrogen and oxygen atoms in total. The van der Waals surface area contributed by atoms with E-state index in [4.69, 9.17) is 4.74 Å². The van der Waals surface area contributed by atoms with E-state index in [9.17, 15) is 19.7 Å². The van der Waals surface area contributed by atoms with Gasteiger partial charge in [0, 0.05) is 23.4 Å². The van der Waals surface area contributed by atoms with Gasteiger partial charge in [-0.05, 0) is 25.0 Å². The molecule has 1 aliphatic carbocycles. The first-order valence-corrected chi connectivity index (χ1v) is 8.60. The monoisotopic (exact) mass is 398 g/mol. The molecule has 1 unspecified atom stereocenters. The highest BCUT2D eigenvalue weighted by atomic mass is 79.9. The minimum Gasteiger partial charge on any atom is -0.442 e. The number of nitro benzene ring substituents is 1. The van der Waals surface area contributed by atoms with Crippen LogP contribution in [0, 0.1) is 16.0 Å². The first-order valence-electron chi connectivity index (χ1n) is 7.80. The number of hydrogen-bond donors (Lipinski definition) is 1. The number of nitrogens with zero attached hydrogens (tertiary/aromatic N) is 1. The van der Waals surface area contributed by atoms with Crippen LogP contribution in [0.15, 0.2) is 22.7 Å². The van der Waals surface area contributed by atoms with E-state index in [1.165, 1.54) is 19.1 Å². The second-order valence-electron chi connectivity index (χ2n) is 5.82. The van der Waals surface area contributed by atoms with Crippen LogP contribution in [0.4, 0.5) is 5.69 Å². The molecule has 0 aliphatic heterocycles. The molecule has 1 atom stereocenters. The van der Waals surface area contributed by atoms with E-state index in [2.05, 4.69) is 21.2 Å². The first-order chi connectivity index (χ1) is 11.4. The Balaban J connectivity index is 2.20. The molecule has 1 amide bonds. The van der Waals surface area contributed by atoms with E-state index >= 15 is 0 Å². The molecule has 24 heavy (non-hydrogen) atoms. The number of hydrogen-bond acceptors (Lipinski definition) is 5. The lowest BCUT2D eigenvalue weighted by atomic mass is 9.88. The van der Waals surface area contributed by atoms with Crippen molar-refractivity contribution in [1.29, 1.82) is 0 Å². The van der Waals surface area contributed by atoms with Gasteiger partial charge in [0.2, 0.25) is 0 Å². The molecular formula is C16H19BrN2O5. The van der Waals surface area contributed by atoms with Gasteiger partial charge in [0.05, 0.1) is 4.92 Å². The Hall–Kier alpha value is -1.96. The predicted molar refractivity (Wildman–Crippen MR) is 90.4 cm³/mol. The number of benzene rings is 1. The van der Waals surface area contributed by atoms with Crippen LogP contribution >= 0.6 is 15.9 Å². The lowest BCUT2D eigenvalue weighted by Crippen LogP contribution is -2.44. The molecule has 130 valence electrons. The van der Waals surface area contributed by atoms with Crippen molar-refractivity contribution in [3.8, 4) is 0 Å². The Bertz CT molecular complexity index is 643. The Labute approximate surface area is 148 Å². The van der Waals surface area contributed by atoms with Gasteiger partial charge in [-0.2, -0.15) is 0 Å². The lowest BCUT2D eigenvalue weighted by molar-refractivity contribution is -0.385. The molecule has 0 saturated heterocycles. The van der Waals surface area contributed by atoms with Gasteiger partial charge >= 0.3 is 5.97 Å². The van der Waals surface area contributed by atoms with Crippen LogP contribution in [0.2, 0.25) is 0 Å². The Morgan fingerprint density at radius 3 is 2.58 bits per heavy atom. The highest BCUT2D eigenvalue weighted by molar-refractivity contribution is 9.10. The quantitative estimate of drug-likeness (QED) is 0.353. The summed E-state index contributed by atoms with van der Waals surface area (Å²) in [5.41, 5.74) is -0.358. The highest BCUT2D eigenvalue weighted by Crippen LogP contribution is 2.28. The molecule has 2 rings (SSSR count). The number of esters is 1. The van der Waals surface area contributed by atoms with E-state index in [-0.39, 0.29) is 17.2 Å². The lowest BCUT2D eigenvalue weighted by Gasteiger charge is -2.30. The molecule has 0 aromatic heterocycles. The molecule has 0 radical (unpaired) electrons. The summed E-state index contributed by atoms with van der Waals surface area (Å²) in [5.74, 6) is -1.08. The predicted octanol–water partition coefficient (Wildman–Crippen LogP) is 3.56. The summed E-state index contributed by atoms with van der Waals surface area (Å²) in [7, 11) is 0. The summed E-state index contributed by atoms with van der Waals surface area (Å²) in [6.07, 6.45) is 4.07. The van der Waals surface area contributed by atoms with Gasteiger partial charge in [-0.1, -0.05) is 35.2 Å². The SMILES string of the molecule is CC(=O)OC(NC(=O)c1ccc(Br)cc1[N+](=O)[O-])C1CCCCC1. The number of nitrogens with one attached hydrogen (secondary N) is 1.